The SMILES string of the molecule is COC(=O)c1cc(O)c(F)cc1C. The van der Waals surface area contributed by atoms with Crippen molar-refractivity contribution in [3.63, 3.8) is 0 Å². The summed E-state index contributed by atoms with van der Waals surface area (Å²) in [5, 5.41) is 8.99. The molecule has 4 heteroatoms. The Labute approximate surface area is 74.8 Å². The summed E-state index contributed by atoms with van der Waals surface area (Å²) in [6.45, 7) is 1.56. The van der Waals surface area contributed by atoms with Gasteiger partial charge in [0.1, 0.15) is 0 Å². The van der Waals surface area contributed by atoms with Gasteiger partial charge in [0.25, 0.3) is 0 Å². The molecule has 1 aromatic rings. The Hall–Kier alpha value is -1.58. The average molecular weight is 184 g/mol. The number of halogens is 1. The Morgan fingerprint density at radius 2 is 2.15 bits per heavy atom. The van der Waals surface area contributed by atoms with E-state index in [4.69, 9.17) is 5.11 Å². The van der Waals surface area contributed by atoms with Crippen molar-refractivity contribution in [1.82, 2.24) is 0 Å². The predicted octanol–water partition coefficient (Wildman–Crippen LogP) is 1.63. The molecule has 0 saturated heterocycles. The normalized spacial score (nSPS) is 9.77. The molecule has 1 N–H and O–H groups in total. The number of hydrogen-bond donors (Lipinski definition) is 1. The number of ether oxygens (including phenoxy) is 1. The molecular weight excluding hydrogens is 175 g/mol. The van der Waals surface area contributed by atoms with E-state index in [9.17, 15) is 9.18 Å². The minimum Gasteiger partial charge on any atom is -0.505 e. The fraction of sp³-hybridized carbons (Fsp3) is 0.222. The molecule has 0 aliphatic heterocycles. The molecule has 0 spiro atoms. The number of phenols is 1. The number of hydrogen-bond acceptors (Lipinski definition) is 3. The van der Waals surface area contributed by atoms with E-state index in [1.807, 2.05) is 0 Å². The third-order valence-corrected chi connectivity index (χ3v) is 1.70. The zero-order valence-electron chi connectivity index (χ0n) is 7.30. The number of aryl methyl sites for hydroxylation is 1. The van der Waals surface area contributed by atoms with Crippen LogP contribution in [0.1, 0.15) is 15.9 Å². The summed E-state index contributed by atoms with van der Waals surface area (Å²) in [7, 11) is 1.22. The van der Waals surface area contributed by atoms with Crippen LogP contribution in [0, 0.1) is 12.7 Å². The predicted molar refractivity (Wildman–Crippen MR) is 44.1 cm³/mol. The van der Waals surface area contributed by atoms with Crippen LogP contribution >= 0.6 is 0 Å². The highest BCUT2D eigenvalue weighted by Gasteiger charge is 2.12. The van der Waals surface area contributed by atoms with E-state index >= 15 is 0 Å². The maximum atomic E-state index is 12.7. The Balaban J connectivity index is 3.23. The largest absolute Gasteiger partial charge is 0.505 e. The molecule has 3 nitrogen and oxygen atoms in total. The average Bonchev–Trinajstić information content (AvgIpc) is 2.10. The van der Waals surface area contributed by atoms with Crippen LogP contribution in [0.15, 0.2) is 12.1 Å². The number of rotatable bonds is 1. The third-order valence-electron chi connectivity index (χ3n) is 1.70. The topological polar surface area (TPSA) is 46.5 Å². The molecule has 0 aliphatic rings. The van der Waals surface area contributed by atoms with Crippen molar-refractivity contribution in [3.05, 3.63) is 29.1 Å². The molecule has 1 aromatic carbocycles. The van der Waals surface area contributed by atoms with Gasteiger partial charge in [0.15, 0.2) is 11.6 Å². The molecule has 70 valence electrons. The number of methoxy groups -OCH3 is 1. The molecule has 13 heavy (non-hydrogen) atoms. The first-order valence-electron chi connectivity index (χ1n) is 3.63. The van der Waals surface area contributed by atoms with E-state index in [0.717, 1.165) is 12.1 Å². The summed E-state index contributed by atoms with van der Waals surface area (Å²) < 4.78 is 17.2. The third kappa shape index (κ3) is 1.77. The summed E-state index contributed by atoms with van der Waals surface area (Å²) >= 11 is 0. The highest BCUT2D eigenvalue weighted by molar-refractivity contribution is 5.91. The van der Waals surface area contributed by atoms with Gasteiger partial charge < -0.3 is 9.84 Å². The van der Waals surface area contributed by atoms with Crippen LogP contribution in [0.25, 0.3) is 0 Å². The molecule has 0 saturated carbocycles. The smallest absolute Gasteiger partial charge is 0.338 e. The zero-order valence-corrected chi connectivity index (χ0v) is 7.30. The van der Waals surface area contributed by atoms with Gasteiger partial charge in [0.2, 0.25) is 0 Å². The second-order valence-electron chi connectivity index (χ2n) is 2.61. The molecule has 0 aliphatic carbocycles. The number of phenolic OH excluding ortho intramolecular Hbond substituents is 1. The van der Waals surface area contributed by atoms with Gasteiger partial charge in [-0.05, 0) is 24.6 Å². The van der Waals surface area contributed by atoms with Crippen molar-refractivity contribution in [2.45, 2.75) is 6.92 Å². The van der Waals surface area contributed by atoms with E-state index in [1.54, 1.807) is 6.92 Å². The van der Waals surface area contributed by atoms with Gasteiger partial charge in [-0.3, -0.25) is 0 Å². The molecule has 0 amide bonds. The summed E-state index contributed by atoms with van der Waals surface area (Å²) in [5.74, 6) is -1.89. The molecule has 0 unspecified atom stereocenters. The van der Waals surface area contributed by atoms with Crippen molar-refractivity contribution in [2.75, 3.05) is 7.11 Å². The second-order valence-corrected chi connectivity index (χ2v) is 2.61. The van der Waals surface area contributed by atoms with Crippen LogP contribution in [0.3, 0.4) is 0 Å². The summed E-state index contributed by atoms with van der Waals surface area (Å²) in [6.07, 6.45) is 0. The Bertz CT molecular complexity index is 347. The first kappa shape index (κ1) is 9.51. The molecular formula is C9H9FO3. The zero-order chi connectivity index (χ0) is 10.0. The molecule has 0 bridgehead atoms. The minimum atomic E-state index is -0.745. The lowest BCUT2D eigenvalue weighted by molar-refractivity contribution is 0.0599. The number of esters is 1. The highest BCUT2D eigenvalue weighted by Crippen LogP contribution is 2.20. The van der Waals surface area contributed by atoms with E-state index in [0.29, 0.717) is 5.56 Å². The summed E-state index contributed by atoms with van der Waals surface area (Å²) in [4.78, 5) is 11.0. The highest BCUT2D eigenvalue weighted by atomic mass is 19.1. The quantitative estimate of drug-likeness (QED) is 0.674. The number of aromatic hydroxyl groups is 1. The van der Waals surface area contributed by atoms with Crippen LogP contribution < -0.4 is 0 Å². The van der Waals surface area contributed by atoms with E-state index < -0.39 is 17.5 Å². The Morgan fingerprint density at radius 1 is 1.54 bits per heavy atom. The van der Waals surface area contributed by atoms with Crippen molar-refractivity contribution >= 4 is 5.97 Å². The van der Waals surface area contributed by atoms with Crippen LogP contribution in [-0.2, 0) is 4.74 Å². The fourth-order valence-electron chi connectivity index (χ4n) is 0.991. The van der Waals surface area contributed by atoms with Gasteiger partial charge in [-0.15, -0.1) is 0 Å². The van der Waals surface area contributed by atoms with Gasteiger partial charge in [-0.25, -0.2) is 9.18 Å². The molecule has 0 aromatic heterocycles. The van der Waals surface area contributed by atoms with Crippen molar-refractivity contribution in [1.29, 1.82) is 0 Å². The summed E-state index contributed by atoms with van der Waals surface area (Å²) in [6, 6.07) is 2.14. The summed E-state index contributed by atoms with van der Waals surface area (Å²) in [5.41, 5.74) is 0.601. The van der Waals surface area contributed by atoms with Gasteiger partial charge in [0.05, 0.1) is 12.7 Å². The van der Waals surface area contributed by atoms with E-state index in [1.165, 1.54) is 7.11 Å². The number of carbonyl (C=O) groups excluding carboxylic acids is 1. The standard InChI is InChI=1S/C9H9FO3/c1-5-3-7(10)8(11)4-6(5)9(12)13-2/h3-4,11H,1-2H3. The molecule has 0 fully saturated rings. The van der Waals surface area contributed by atoms with Gasteiger partial charge in [0, 0.05) is 0 Å². The number of benzene rings is 1. The van der Waals surface area contributed by atoms with Gasteiger partial charge in [-0.1, -0.05) is 0 Å². The molecule has 0 heterocycles. The van der Waals surface area contributed by atoms with Gasteiger partial charge in [-0.2, -0.15) is 0 Å². The maximum absolute atomic E-state index is 12.7. The van der Waals surface area contributed by atoms with Crippen LogP contribution in [-0.4, -0.2) is 18.2 Å². The Kier molecular flexibility index (Phi) is 2.51. The lowest BCUT2D eigenvalue weighted by Crippen LogP contribution is -2.03. The second kappa shape index (κ2) is 3.43. The fourth-order valence-corrected chi connectivity index (χ4v) is 0.991. The number of carbonyl (C=O) groups is 1. The van der Waals surface area contributed by atoms with E-state index in [-0.39, 0.29) is 5.56 Å². The monoisotopic (exact) mass is 184 g/mol. The van der Waals surface area contributed by atoms with Crippen molar-refractivity contribution in [3.8, 4) is 5.75 Å². The molecule has 0 atom stereocenters. The Morgan fingerprint density at radius 3 is 2.69 bits per heavy atom. The van der Waals surface area contributed by atoms with Crippen LogP contribution in [0.4, 0.5) is 4.39 Å². The molecule has 0 radical (unpaired) electrons. The maximum Gasteiger partial charge on any atom is 0.338 e. The minimum absolute atomic E-state index is 0.168. The van der Waals surface area contributed by atoms with Crippen LogP contribution in [0.2, 0.25) is 0 Å². The van der Waals surface area contributed by atoms with Crippen molar-refractivity contribution < 1.29 is 19.0 Å². The van der Waals surface area contributed by atoms with E-state index in [2.05, 4.69) is 4.74 Å². The van der Waals surface area contributed by atoms with Crippen molar-refractivity contribution in [2.24, 2.45) is 0 Å². The molecule has 1 rings (SSSR count). The first-order chi connectivity index (χ1) is 6.06. The first-order valence-corrected chi connectivity index (χ1v) is 3.63. The van der Waals surface area contributed by atoms with Crippen LogP contribution in [0.5, 0.6) is 5.75 Å². The lowest BCUT2D eigenvalue weighted by atomic mass is 10.1. The van der Waals surface area contributed by atoms with Gasteiger partial charge >= 0.3 is 5.97 Å². The lowest BCUT2D eigenvalue weighted by Gasteiger charge is -2.04.